The normalized spacial score (nSPS) is 17.2. The summed E-state index contributed by atoms with van der Waals surface area (Å²) in [5, 5.41) is 0. The van der Waals surface area contributed by atoms with Gasteiger partial charge in [-0.1, -0.05) is 83.7 Å². The van der Waals surface area contributed by atoms with Crippen molar-refractivity contribution in [3.8, 4) is 0 Å². The lowest BCUT2D eigenvalue weighted by Crippen LogP contribution is -2.39. The first-order chi connectivity index (χ1) is 13.6. The van der Waals surface area contributed by atoms with Gasteiger partial charge in [0.2, 0.25) is 0 Å². The van der Waals surface area contributed by atoms with Gasteiger partial charge in [0.1, 0.15) is 6.61 Å². The Bertz CT molecular complexity index is 610. The number of amides is 1. The van der Waals surface area contributed by atoms with Crippen molar-refractivity contribution in [1.29, 1.82) is 0 Å². The number of allylic oxidation sites excluding steroid dienone is 1. The number of carbonyl (C=O) groups excluding carboxylic acids is 1. The van der Waals surface area contributed by atoms with Crippen LogP contribution in [-0.2, 0) is 15.8 Å². The average molecular weight is 385 g/mol. The van der Waals surface area contributed by atoms with E-state index < -0.39 is 0 Å². The summed E-state index contributed by atoms with van der Waals surface area (Å²) in [7, 11) is 0. The zero-order valence-corrected chi connectivity index (χ0v) is 18.0. The van der Waals surface area contributed by atoms with Crippen molar-refractivity contribution in [2.24, 2.45) is 5.92 Å². The molecule has 1 aliphatic rings. The van der Waals surface area contributed by atoms with Crippen LogP contribution >= 0.6 is 0 Å². The van der Waals surface area contributed by atoms with Gasteiger partial charge in [0.25, 0.3) is 0 Å². The van der Waals surface area contributed by atoms with E-state index in [0.717, 1.165) is 44.7 Å². The molecule has 1 aromatic rings. The fourth-order valence-electron chi connectivity index (χ4n) is 3.50. The minimum Gasteiger partial charge on any atom is -0.549 e. The molecular formula is C23H36BNO3. The summed E-state index contributed by atoms with van der Waals surface area (Å²) in [5.74, 6) is 0.974. The quantitative estimate of drug-likeness (QED) is 0.320. The maximum Gasteiger partial charge on any atom is 0.417 e. The van der Waals surface area contributed by atoms with Crippen LogP contribution in [0.3, 0.4) is 0 Å². The Kier molecular flexibility index (Phi) is 9.46. The highest BCUT2D eigenvalue weighted by Crippen LogP contribution is 2.27. The number of nitrogens with zero attached hydrogens (tertiary/aromatic N) is 1. The van der Waals surface area contributed by atoms with Crippen molar-refractivity contribution in [2.75, 3.05) is 6.61 Å². The topological polar surface area (TPSA) is 38.8 Å². The minimum absolute atomic E-state index is 0.0209. The summed E-state index contributed by atoms with van der Waals surface area (Å²) >= 11 is 0. The molecule has 1 amide bonds. The third kappa shape index (κ3) is 6.61. The van der Waals surface area contributed by atoms with Crippen LogP contribution in [0.5, 0.6) is 0 Å². The Hall–Kier alpha value is -1.91. The predicted molar refractivity (Wildman–Crippen MR) is 116 cm³/mol. The Morgan fingerprint density at radius 1 is 1.21 bits per heavy atom. The lowest BCUT2D eigenvalue weighted by atomic mass is 9.59. The fourth-order valence-corrected chi connectivity index (χ4v) is 3.50. The van der Waals surface area contributed by atoms with Gasteiger partial charge in [-0.15, -0.1) is 0 Å². The summed E-state index contributed by atoms with van der Waals surface area (Å²) in [5.41, 5.74) is 1.20. The van der Waals surface area contributed by atoms with Crippen molar-refractivity contribution >= 4 is 13.0 Å². The average Bonchev–Trinajstić information content (AvgIpc) is 3.09. The van der Waals surface area contributed by atoms with Crippen LogP contribution in [0.4, 0.5) is 4.79 Å². The molecule has 28 heavy (non-hydrogen) atoms. The minimum atomic E-state index is -0.289. The highest BCUT2D eigenvalue weighted by Gasteiger charge is 2.39. The summed E-state index contributed by atoms with van der Waals surface area (Å²) in [4.78, 5) is 14.3. The van der Waals surface area contributed by atoms with Crippen molar-refractivity contribution in [3.63, 3.8) is 0 Å². The van der Waals surface area contributed by atoms with E-state index in [2.05, 4.69) is 45.9 Å². The highest BCUT2D eigenvalue weighted by atomic mass is 16.6. The van der Waals surface area contributed by atoms with Gasteiger partial charge in [0.05, 0.1) is 6.04 Å². The summed E-state index contributed by atoms with van der Waals surface area (Å²) < 4.78 is 11.9. The van der Waals surface area contributed by atoms with Gasteiger partial charge >= 0.3 is 13.0 Å². The van der Waals surface area contributed by atoms with Crippen LogP contribution in [0.2, 0.25) is 12.6 Å². The van der Waals surface area contributed by atoms with E-state index >= 15 is 0 Å². The lowest BCUT2D eigenvalue weighted by Gasteiger charge is -2.29. The van der Waals surface area contributed by atoms with Gasteiger partial charge in [0, 0.05) is 0 Å². The molecule has 0 saturated carbocycles. The molecule has 0 radical (unpaired) electrons. The van der Waals surface area contributed by atoms with Crippen LogP contribution in [0, 0.1) is 5.92 Å². The number of benzene rings is 1. The van der Waals surface area contributed by atoms with Crippen LogP contribution in [-0.4, -0.2) is 30.6 Å². The first-order valence-electron chi connectivity index (χ1n) is 10.9. The number of unbranched alkanes of at least 4 members (excludes halogenated alkanes) is 2. The second-order valence-electron chi connectivity index (χ2n) is 8.01. The van der Waals surface area contributed by atoms with E-state index in [1.165, 1.54) is 5.56 Å². The Morgan fingerprint density at radius 2 is 1.86 bits per heavy atom. The number of hydrogen-bond acceptors (Lipinski definition) is 3. The molecule has 1 aromatic carbocycles. The fraction of sp³-hybridized carbons (Fsp3) is 0.609. The first-order valence-corrected chi connectivity index (χ1v) is 10.9. The van der Waals surface area contributed by atoms with E-state index in [4.69, 9.17) is 9.39 Å². The smallest absolute Gasteiger partial charge is 0.417 e. The zero-order chi connectivity index (χ0) is 20.4. The summed E-state index contributed by atoms with van der Waals surface area (Å²) in [6.45, 7) is 9.23. The molecule has 0 N–H and O–H groups in total. The van der Waals surface area contributed by atoms with Crippen molar-refractivity contribution in [1.82, 2.24) is 4.90 Å². The predicted octanol–water partition coefficient (Wildman–Crippen LogP) is 6.16. The number of carbonyl (C=O) groups is 1. The van der Waals surface area contributed by atoms with Crippen molar-refractivity contribution in [2.45, 2.75) is 78.5 Å². The number of rotatable bonds is 12. The molecule has 0 aromatic heterocycles. The van der Waals surface area contributed by atoms with E-state index in [9.17, 15) is 4.79 Å². The van der Waals surface area contributed by atoms with E-state index in [1.54, 1.807) is 4.90 Å². The zero-order valence-electron chi connectivity index (χ0n) is 18.0. The van der Waals surface area contributed by atoms with Crippen LogP contribution in [0.15, 0.2) is 42.3 Å². The number of cyclic esters (lactones) is 1. The van der Waals surface area contributed by atoms with Crippen LogP contribution in [0.1, 0.15) is 58.9 Å². The molecule has 0 unspecified atom stereocenters. The monoisotopic (exact) mass is 385 g/mol. The maximum absolute atomic E-state index is 12.5. The summed E-state index contributed by atoms with van der Waals surface area (Å²) in [6.07, 6.45) is 9.12. The molecule has 0 spiro atoms. The van der Waals surface area contributed by atoms with Crippen molar-refractivity contribution in [3.05, 3.63) is 47.9 Å². The Labute approximate surface area is 171 Å². The molecule has 5 heteroatoms. The highest BCUT2D eigenvalue weighted by molar-refractivity contribution is 6.52. The molecule has 0 aliphatic carbocycles. The van der Waals surface area contributed by atoms with Gasteiger partial charge in [-0.3, -0.25) is 0 Å². The largest absolute Gasteiger partial charge is 0.549 e. The second-order valence-corrected chi connectivity index (χ2v) is 8.01. The third-order valence-corrected chi connectivity index (χ3v) is 5.31. The van der Waals surface area contributed by atoms with Crippen LogP contribution < -0.4 is 0 Å². The third-order valence-electron chi connectivity index (χ3n) is 5.31. The molecule has 0 bridgehead atoms. The van der Waals surface area contributed by atoms with E-state index in [1.807, 2.05) is 18.2 Å². The van der Waals surface area contributed by atoms with Crippen LogP contribution in [0.25, 0.3) is 0 Å². The van der Waals surface area contributed by atoms with Gasteiger partial charge < -0.3 is 9.39 Å². The molecule has 1 aliphatic heterocycles. The maximum atomic E-state index is 12.5. The van der Waals surface area contributed by atoms with E-state index in [-0.39, 0.29) is 19.1 Å². The Balaban J connectivity index is 2.24. The van der Waals surface area contributed by atoms with Gasteiger partial charge in [-0.05, 0) is 36.6 Å². The van der Waals surface area contributed by atoms with Crippen molar-refractivity contribution < 1.29 is 14.2 Å². The standard InChI is InChI=1S/C23H36BNO3/c1-5-7-16-24(17-8-6-2)28-22(15-14-20-12-10-9-11-13-20)25-21(19(3)4)18-27-23(25)26/h9-13,15,19,21H,5-8,14,16-18H2,1-4H3/b22-15-/t21-/m0/s1. The SMILES string of the molecule is CCCCB(CCCC)O/C(=C\Cc1ccccc1)N1C(=O)OC[C@H]1C(C)C. The molecule has 1 saturated heterocycles. The molecule has 2 rings (SSSR count). The summed E-state index contributed by atoms with van der Waals surface area (Å²) in [6, 6.07) is 10.3. The molecule has 1 atom stereocenters. The Morgan fingerprint density at radius 3 is 2.43 bits per heavy atom. The lowest BCUT2D eigenvalue weighted by molar-refractivity contribution is 0.149. The van der Waals surface area contributed by atoms with Gasteiger partial charge in [-0.2, -0.15) is 0 Å². The van der Waals surface area contributed by atoms with Gasteiger partial charge in [-0.25, -0.2) is 9.69 Å². The molecule has 154 valence electrons. The molecule has 4 nitrogen and oxygen atoms in total. The molecule has 1 heterocycles. The number of hydrogen-bond donors (Lipinski definition) is 0. The first kappa shape index (κ1) is 22.4. The van der Waals surface area contributed by atoms with Gasteiger partial charge in [0.15, 0.2) is 5.88 Å². The van der Waals surface area contributed by atoms with E-state index in [0.29, 0.717) is 18.4 Å². The molecular weight excluding hydrogens is 349 g/mol. The second kappa shape index (κ2) is 11.8. The molecule has 1 fully saturated rings. The number of ether oxygens (including phenoxy) is 1.